The number of aryl methyl sites for hydroxylation is 1. The first-order valence-corrected chi connectivity index (χ1v) is 10.1. The zero-order valence-corrected chi connectivity index (χ0v) is 15.5. The van der Waals surface area contributed by atoms with Gasteiger partial charge in [-0.15, -0.1) is 6.58 Å². The highest BCUT2D eigenvalue weighted by molar-refractivity contribution is 7.89. The van der Waals surface area contributed by atoms with Crippen LogP contribution in [0, 0.1) is 6.92 Å². The van der Waals surface area contributed by atoms with E-state index in [2.05, 4.69) is 6.58 Å². The van der Waals surface area contributed by atoms with Gasteiger partial charge < -0.3 is 9.47 Å². The minimum Gasteiger partial charge on any atom is -0.454 e. The first kappa shape index (κ1) is 17.1. The maximum absolute atomic E-state index is 13.1. The van der Waals surface area contributed by atoms with Crippen molar-refractivity contribution in [1.82, 2.24) is 4.31 Å². The number of ether oxygens (including phenoxy) is 2. The molecule has 5 nitrogen and oxygen atoms in total. The van der Waals surface area contributed by atoms with Crippen molar-refractivity contribution in [2.24, 2.45) is 0 Å². The fourth-order valence-corrected chi connectivity index (χ4v) is 5.04. The van der Waals surface area contributed by atoms with Crippen LogP contribution < -0.4 is 9.47 Å². The molecule has 1 unspecified atom stereocenters. The Morgan fingerprint density at radius 2 is 1.92 bits per heavy atom. The molecule has 2 aliphatic rings. The summed E-state index contributed by atoms with van der Waals surface area (Å²) in [5.74, 6) is 1.29. The monoisotopic (exact) mass is 371 g/mol. The van der Waals surface area contributed by atoms with E-state index in [1.54, 1.807) is 22.5 Å². The molecule has 2 aromatic rings. The van der Waals surface area contributed by atoms with Crippen LogP contribution in [-0.4, -0.2) is 32.6 Å². The Labute approximate surface area is 153 Å². The zero-order chi connectivity index (χ0) is 18.3. The molecule has 0 saturated heterocycles. The van der Waals surface area contributed by atoms with Crippen molar-refractivity contribution in [2.45, 2.75) is 24.2 Å². The molecule has 0 radical (unpaired) electrons. The van der Waals surface area contributed by atoms with Gasteiger partial charge in [0.25, 0.3) is 0 Å². The summed E-state index contributed by atoms with van der Waals surface area (Å²) in [6.07, 6.45) is 2.42. The minimum absolute atomic E-state index is 0.149. The second kappa shape index (κ2) is 6.45. The van der Waals surface area contributed by atoms with Gasteiger partial charge in [0.1, 0.15) is 0 Å². The first-order chi connectivity index (χ1) is 12.5. The summed E-state index contributed by atoms with van der Waals surface area (Å²) in [6.45, 7) is 6.83. The maximum Gasteiger partial charge on any atom is 0.243 e. The number of fused-ring (bicyclic) bond motifs is 3. The lowest BCUT2D eigenvalue weighted by atomic mass is 9.92. The number of benzene rings is 2. The van der Waals surface area contributed by atoms with Crippen molar-refractivity contribution in [1.29, 1.82) is 0 Å². The van der Waals surface area contributed by atoms with E-state index < -0.39 is 10.0 Å². The number of hydrogen-bond donors (Lipinski definition) is 0. The topological polar surface area (TPSA) is 55.8 Å². The van der Waals surface area contributed by atoms with E-state index in [1.165, 1.54) is 0 Å². The Balaban J connectivity index is 1.72. The van der Waals surface area contributed by atoms with E-state index in [1.807, 2.05) is 31.2 Å². The van der Waals surface area contributed by atoms with E-state index >= 15 is 0 Å². The Kier molecular flexibility index (Phi) is 4.25. The smallest absolute Gasteiger partial charge is 0.243 e. The van der Waals surface area contributed by atoms with Crippen LogP contribution in [0.4, 0.5) is 0 Å². The SMILES string of the molecule is C=CC1CN(S(=O)(=O)c2ccc(C)cc2)CCc2ccc3c(c21)OCO3. The van der Waals surface area contributed by atoms with Crippen LogP contribution in [0.1, 0.15) is 22.6 Å². The van der Waals surface area contributed by atoms with Crippen molar-refractivity contribution < 1.29 is 17.9 Å². The Morgan fingerprint density at radius 3 is 2.65 bits per heavy atom. The van der Waals surface area contributed by atoms with Gasteiger partial charge >= 0.3 is 0 Å². The molecule has 26 heavy (non-hydrogen) atoms. The first-order valence-electron chi connectivity index (χ1n) is 8.61. The molecule has 2 aromatic carbocycles. The third kappa shape index (κ3) is 2.79. The summed E-state index contributed by atoms with van der Waals surface area (Å²) in [5.41, 5.74) is 3.11. The van der Waals surface area contributed by atoms with E-state index in [-0.39, 0.29) is 12.7 Å². The number of hydrogen-bond acceptors (Lipinski definition) is 4. The van der Waals surface area contributed by atoms with Crippen LogP contribution in [0.25, 0.3) is 0 Å². The predicted octanol–water partition coefficient (Wildman–Crippen LogP) is 3.24. The normalized spacial score (nSPS) is 19.7. The second-order valence-electron chi connectivity index (χ2n) is 6.64. The number of sulfonamides is 1. The third-order valence-corrected chi connectivity index (χ3v) is 6.89. The average molecular weight is 371 g/mol. The molecular formula is C20H21NO4S. The highest BCUT2D eigenvalue weighted by Gasteiger charge is 2.33. The minimum atomic E-state index is -3.56. The van der Waals surface area contributed by atoms with Gasteiger partial charge in [-0.25, -0.2) is 8.42 Å². The number of rotatable bonds is 3. The fourth-order valence-electron chi connectivity index (χ4n) is 3.58. The van der Waals surface area contributed by atoms with Gasteiger partial charge in [-0.1, -0.05) is 29.8 Å². The van der Waals surface area contributed by atoms with Gasteiger partial charge in [0.2, 0.25) is 16.8 Å². The lowest BCUT2D eigenvalue weighted by molar-refractivity contribution is 0.173. The molecule has 1 atom stereocenters. The summed E-state index contributed by atoms with van der Waals surface area (Å²) in [4.78, 5) is 0.321. The van der Waals surface area contributed by atoms with Crippen molar-refractivity contribution in [3.8, 4) is 11.5 Å². The highest BCUT2D eigenvalue weighted by Crippen LogP contribution is 2.43. The van der Waals surface area contributed by atoms with Crippen LogP contribution in [0.2, 0.25) is 0 Å². The zero-order valence-electron chi connectivity index (χ0n) is 14.6. The molecule has 0 amide bonds. The van der Waals surface area contributed by atoms with Crippen LogP contribution in [0.5, 0.6) is 11.5 Å². The summed E-state index contributed by atoms with van der Waals surface area (Å²) in [5, 5.41) is 0. The Bertz CT molecular complexity index is 951. The van der Waals surface area contributed by atoms with Gasteiger partial charge in [0.05, 0.1) is 4.90 Å². The van der Waals surface area contributed by atoms with Gasteiger partial charge in [-0.3, -0.25) is 0 Å². The quantitative estimate of drug-likeness (QED) is 0.778. The van der Waals surface area contributed by atoms with Crippen LogP contribution in [-0.2, 0) is 16.4 Å². The van der Waals surface area contributed by atoms with Gasteiger partial charge in [0.15, 0.2) is 11.5 Å². The Morgan fingerprint density at radius 1 is 1.15 bits per heavy atom. The van der Waals surface area contributed by atoms with Crippen molar-refractivity contribution in [3.63, 3.8) is 0 Å². The van der Waals surface area contributed by atoms with Crippen molar-refractivity contribution >= 4 is 10.0 Å². The molecule has 0 saturated carbocycles. The molecule has 136 valence electrons. The molecule has 0 spiro atoms. The van der Waals surface area contributed by atoms with Gasteiger partial charge in [-0.05, 0) is 37.1 Å². The fraction of sp³-hybridized carbons (Fsp3) is 0.300. The molecule has 0 N–H and O–H groups in total. The molecule has 0 fully saturated rings. The second-order valence-corrected chi connectivity index (χ2v) is 8.58. The molecule has 2 aliphatic heterocycles. The summed E-state index contributed by atoms with van der Waals surface area (Å²) >= 11 is 0. The Hall–Kier alpha value is -2.31. The predicted molar refractivity (Wildman–Crippen MR) is 99.1 cm³/mol. The summed E-state index contributed by atoms with van der Waals surface area (Å²) < 4.78 is 39.0. The van der Waals surface area contributed by atoms with Gasteiger partial charge in [0, 0.05) is 24.6 Å². The van der Waals surface area contributed by atoms with Crippen LogP contribution >= 0.6 is 0 Å². The molecule has 0 bridgehead atoms. The molecule has 0 aliphatic carbocycles. The van der Waals surface area contributed by atoms with Crippen molar-refractivity contribution in [3.05, 3.63) is 65.7 Å². The molecule has 2 heterocycles. The molecular weight excluding hydrogens is 350 g/mol. The molecule has 0 aromatic heterocycles. The highest BCUT2D eigenvalue weighted by atomic mass is 32.2. The van der Waals surface area contributed by atoms with Gasteiger partial charge in [-0.2, -0.15) is 4.31 Å². The van der Waals surface area contributed by atoms with Crippen LogP contribution in [0.15, 0.2) is 53.9 Å². The molecule has 6 heteroatoms. The lowest BCUT2D eigenvalue weighted by Crippen LogP contribution is -2.34. The number of nitrogens with zero attached hydrogens (tertiary/aromatic N) is 1. The van der Waals surface area contributed by atoms with E-state index in [9.17, 15) is 8.42 Å². The largest absolute Gasteiger partial charge is 0.454 e. The molecule has 4 rings (SSSR count). The maximum atomic E-state index is 13.1. The lowest BCUT2D eigenvalue weighted by Gasteiger charge is -2.23. The van der Waals surface area contributed by atoms with E-state index in [4.69, 9.17) is 9.47 Å². The van der Waals surface area contributed by atoms with Crippen LogP contribution in [0.3, 0.4) is 0 Å². The summed E-state index contributed by atoms with van der Waals surface area (Å²) in [7, 11) is -3.56. The van der Waals surface area contributed by atoms with E-state index in [0.29, 0.717) is 30.2 Å². The summed E-state index contributed by atoms with van der Waals surface area (Å²) in [6, 6.07) is 10.9. The third-order valence-electron chi connectivity index (χ3n) is 5.01. The average Bonchev–Trinajstić information content (AvgIpc) is 3.02. The van der Waals surface area contributed by atoms with Crippen molar-refractivity contribution in [2.75, 3.05) is 19.9 Å². The standard InChI is InChI=1S/C20H21NO4S/c1-3-15-12-21(26(22,23)17-7-4-14(2)5-8-17)11-10-16-6-9-18-20(19(15)16)25-13-24-18/h3-9,15H,1,10-13H2,2H3. The van der Waals surface area contributed by atoms with E-state index in [0.717, 1.165) is 22.4 Å².